The van der Waals surface area contributed by atoms with E-state index in [1.807, 2.05) is 24.1 Å². The fourth-order valence-corrected chi connectivity index (χ4v) is 4.15. The van der Waals surface area contributed by atoms with Crippen LogP contribution in [-0.4, -0.2) is 56.4 Å². The van der Waals surface area contributed by atoms with Gasteiger partial charge in [0, 0.05) is 36.9 Å². The summed E-state index contributed by atoms with van der Waals surface area (Å²) in [5.74, 6) is 0.198. The number of nitrogens with one attached hydrogen (secondary N) is 1. The average Bonchev–Trinajstić information content (AvgIpc) is 3.21. The minimum Gasteiger partial charge on any atom is -0.491 e. The summed E-state index contributed by atoms with van der Waals surface area (Å²) in [5, 5.41) is 12.6. The van der Waals surface area contributed by atoms with E-state index in [0.717, 1.165) is 25.1 Å². The van der Waals surface area contributed by atoms with Crippen molar-refractivity contribution in [1.29, 1.82) is 0 Å². The lowest BCUT2D eigenvalue weighted by molar-refractivity contribution is 0.0980. The minimum atomic E-state index is -0.555. The molecule has 1 amide bonds. The summed E-state index contributed by atoms with van der Waals surface area (Å²) in [6.45, 7) is 3.94. The highest BCUT2D eigenvalue weighted by Gasteiger charge is 2.28. The van der Waals surface area contributed by atoms with E-state index < -0.39 is 6.10 Å². The van der Waals surface area contributed by atoms with Gasteiger partial charge in [-0.05, 0) is 68.8 Å². The Morgan fingerprint density at radius 3 is 2.80 bits per heavy atom. The van der Waals surface area contributed by atoms with Crippen molar-refractivity contribution < 1.29 is 19.0 Å². The van der Waals surface area contributed by atoms with Crippen LogP contribution in [0, 0.1) is 5.82 Å². The maximum absolute atomic E-state index is 14.9. The van der Waals surface area contributed by atoms with Gasteiger partial charge in [-0.15, -0.1) is 0 Å². The quantitative estimate of drug-likeness (QED) is 0.762. The molecule has 0 radical (unpaired) electrons. The first-order chi connectivity index (χ1) is 14.5. The van der Waals surface area contributed by atoms with Crippen molar-refractivity contribution in [3.05, 3.63) is 53.3 Å². The van der Waals surface area contributed by atoms with E-state index in [9.17, 15) is 14.3 Å². The Hall–Kier alpha value is -2.64. The zero-order chi connectivity index (χ0) is 21.3. The molecule has 0 aromatic heterocycles. The Kier molecular flexibility index (Phi) is 5.92. The van der Waals surface area contributed by atoms with Crippen molar-refractivity contribution >= 4 is 17.3 Å². The van der Waals surface area contributed by atoms with Crippen LogP contribution >= 0.6 is 0 Å². The monoisotopic (exact) mass is 413 g/mol. The van der Waals surface area contributed by atoms with Gasteiger partial charge in [-0.25, -0.2) is 4.39 Å². The molecule has 2 aliphatic heterocycles. The van der Waals surface area contributed by atoms with Gasteiger partial charge in [0.25, 0.3) is 5.91 Å². The molecular weight excluding hydrogens is 385 g/mol. The summed E-state index contributed by atoms with van der Waals surface area (Å²) >= 11 is 0. The van der Waals surface area contributed by atoms with Gasteiger partial charge in [-0.3, -0.25) is 4.79 Å². The van der Waals surface area contributed by atoms with Crippen molar-refractivity contribution in [1.82, 2.24) is 5.32 Å². The maximum Gasteiger partial charge on any atom is 0.258 e. The van der Waals surface area contributed by atoms with E-state index in [1.165, 1.54) is 6.07 Å². The van der Waals surface area contributed by atoms with Crippen LogP contribution in [0.5, 0.6) is 5.75 Å². The summed E-state index contributed by atoms with van der Waals surface area (Å²) in [6, 6.07) is 10.8. The van der Waals surface area contributed by atoms with Gasteiger partial charge in [0.2, 0.25) is 0 Å². The molecule has 2 atom stereocenters. The predicted molar refractivity (Wildman–Crippen MR) is 115 cm³/mol. The lowest BCUT2D eigenvalue weighted by atomic mass is 9.98. The number of likely N-dealkylation sites (N-methyl/N-ethyl adjacent to an activating group) is 1. The Labute approximate surface area is 176 Å². The highest BCUT2D eigenvalue weighted by molar-refractivity contribution is 6.08. The molecule has 1 fully saturated rings. The molecule has 2 aliphatic rings. The third-order valence-electron chi connectivity index (χ3n) is 5.83. The summed E-state index contributed by atoms with van der Waals surface area (Å²) in [7, 11) is 1.93. The highest BCUT2D eigenvalue weighted by Crippen LogP contribution is 2.31. The Bertz CT molecular complexity index is 934. The predicted octanol–water partition coefficient (Wildman–Crippen LogP) is 2.59. The number of hydrogen-bond donors (Lipinski definition) is 2. The molecule has 2 aromatic carbocycles. The van der Waals surface area contributed by atoms with E-state index >= 15 is 0 Å². The summed E-state index contributed by atoms with van der Waals surface area (Å²) in [6.07, 6.45) is 1.09. The van der Waals surface area contributed by atoms with E-state index in [4.69, 9.17) is 4.74 Å². The fourth-order valence-electron chi connectivity index (χ4n) is 4.15. The number of ether oxygens (including phenoxy) is 1. The van der Waals surface area contributed by atoms with E-state index in [1.54, 1.807) is 30.0 Å². The number of nitrogens with zero attached hydrogens (tertiary/aromatic N) is 2. The van der Waals surface area contributed by atoms with Crippen LogP contribution in [0.4, 0.5) is 15.8 Å². The second-order valence-corrected chi connectivity index (χ2v) is 8.04. The van der Waals surface area contributed by atoms with Gasteiger partial charge >= 0.3 is 0 Å². The zero-order valence-electron chi connectivity index (χ0n) is 17.4. The Balaban J connectivity index is 1.50. The number of aliphatic hydroxyl groups excluding tert-OH is 1. The van der Waals surface area contributed by atoms with Crippen LogP contribution in [0.25, 0.3) is 0 Å². The minimum absolute atomic E-state index is 0.137. The van der Waals surface area contributed by atoms with Crippen LogP contribution in [0.2, 0.25) is 0 Å². The standard InChI is InChI=1S/C23H28FN3O3/c1-15(28)14-30-19-4-5-20-16(11-19)7-10-27(23(20)29)18-3-6-22(21(24)12-18)26-9-8-17(13-26)25-2/h3-6,11-12,15,17,25,28H,7-10,13-14H2,1-2H3. The molecule has 6 nitrogen and oxygen atoms in total. The van der Waals surface area contributed by atoms with Gasteiger partial charge in [0.05, 0.1) is 11.8 Å². The second-order valence-electron chi connectivity index (χ2n) is 8.04. The molecule has 0 aliphatic carbocycles. The van der Waals surface area contributed by atoms with Gasteiger partial charge in [-0.1, -0.05) is 0 Å². The number of fused-ring (bicyclic) bond motifs is 1. The number of benzene rings is 2. The van der Waals surface area contributed by atoms with Crippen LogP contribution in [0.15, 0.2) is 36.4 Å². The number of hydrogen-bond acceptors (Lipinski definition) is 5. The molecule has 4 rings (SSSR count). The molecule has 2 aromatic rings. The molecule has 2 N–H and O–H groups in total. The number of halogens is 1. The number of anilines is 2. The van der Waals surface area contributed by atoms with Crippen LogP contribution in [0.3, 0.4) is 0 Å². The van der Waals surface area contributed by atoms with Crippen molar-refractivity contribution in [2.75, 3.05) is 43.1 Å². The van der Waals surface area contributed by atoms with Crippen molar-refractivity contribution in [3.63, 3.8) is 0 Å². The van der Waals surface area contributed by atoms with Gasteiger partial charge in [0.1, 0.15) is 18.2 Å². The number of carbonyl (C=O) groups excluding carboxylic acids is 1. The lowest BCUT2D eigenvalue weighted by Gasteiger charge is -2.29. The zero-order valence-corrected chi connectivity index (χ0v) is 17.4. The fraction of sp³-hybridized carbons (Fsp3) is 0.435. The van der Waals surface area contributed by atoms with Crippen molar-refractivity contribution in [3.8, 4) is 5.75 Å². The molecular formula is C23H28FN3O3. The number of aliphatic hydroxyl groups is 1. The number of rotatable bonds is 6. The Morgan fingerprint density at radius 1 is 1.27 bits per heavy atom. The summed E-state index contributed by atoms with van der Waals surface area (Å²) in [5.41, 5.74) is 2.67. The molecule has 2 unspecified atom stereocenters. The maximum atomic E-state index is 14.9. The van der Waals surface area contributed by atoms with E-state index in [-0.39, 0.29) is 18.3 Å². The lowest BCUT2D eigenvalue weighted by Crippen LogP contribution is -2.37. The van der Waals surface area contributed by atoms with Gasteiger partial charge < -0.3 is 25.0 Å². The highest BCUT2D eigenvalue weighted by atomic mass is 19.1. The van der Waals surface area contributed by atoms with Gasteiger partial charge in [0.15, 0.2) is 0 Å². The molecule has 30 heavy (non-hydrogen) atoms. The summed E-state index contributed by atoms with van der Waals surface area (Å²) in [4.78, 5) is 16.7. The van der Waals surface area contributed by atoms with Crippen molar-refractivity contribution in [2.45, 2.75) is 31.9 Å². The van der Waals surface area contributed by atoms with Crippen LogP contribution in [-0.2, 0) is 6.42 Å². The molecule has 160 valence electrons. The van der Waals surface area contributed by atoms with Crippen LogP contribution in [0.1, 0.15) is 29.3 Å². The summed E-state index contributed by atoms with van der Waals surface area (Å²) < 4.78 is 20.4. The molecule has 0 spiro atoms. The molecule has 0 bridgehead atoms. The number of amides is 1. The Morgan fingerprint density at radius 2 is 2.10 bits per heavy atom. The third kappa shape index (κ3) is 4.13. The van der Waals surface area contributed by atoms with Crippen molar-refractivity contribution in [2.24, 2.45) is 0 Å². The normalized spacial score (nSPS) is 19.7. The average molecular weight is 413 g/mol. The SMILES string of the molecule is CNC1CCN(c2ccc(N3CCc4cc(OCC(C)O)ccc4C3=O)cc2F)C1. The van der Waals surface area contributed by atoms with E-state index in [0.29, 0.717) is 41.7 Å². The van der Waals surface area contributed by atoms with E-state index in [2.05, 4.69) is 5.32 Å². The topological polar surface area (TPSA) is 65.0 Å². The smallest absolute Gasteiger partial charge is 0.258 e. The molecule has 7 heteroatoms. The molecule has 2 heterocycles. The number of carbonyl (C=O) groups is 1. The first-order valence-electron chi connectivity index (χ1n) is 10.4. The first kappa shape index (κ1) is 20.6. The molecule has 0 saturated carbocycles. The third-order valence-corrected chi connectivity index (χ3v) is 5.83. The van der Waals surface area contributed by atoms with Crippen LogP contribution < -0.4 is 19.9 Å². The largest absolute Gasteiger partial charge is 0.491 e. The second kappa shape index (κ2) is 8.62. The molecule has 1 saturated heterocycles. The first-order valence-corrected chi connectivity index (χ1v) is 10.4. The van der Waals surface area contributed by atoms with Gasteiger partial charge in [-0.2, -0.15) is 0 Å².